The van der Waals surface area contributed by atoms with Crippen LogP contribution in [0.25, 0.3) is 0 Å². The van der Waals surface area contributed by atoms with Crippen LogP contribution in [0.2, 0.25) is 0 Å². The minimum atomic E-state index is -0.202. The van der Waals surface area contributed by atoms with E-state index in [1.807, 2.05) is 18.2 Å². The molecule has 2 fully saturated rings. The van der Waals surface area contributed by atoms with E-state index in [0.29, 0.717) is 19.0 Å². The number of amides is 4. The number of hydrogen-bond donors (Lipinski definition) is 3. The fourth-order valence-corrected chi connectivity index (χ4v) is 2.67. The van der Waals surface area contributed by atoms with Gasteiger partial charge in [-0.2, -0.15) is 0 Å². The molecule has 112 valence electrons. The number of carbonyl (C=O) groups excluding carboxylic acids is 2. The first-order valence-corrected chi connectivity index (χ1v) is 7.26. The maximum absolute atomic E-state index is 12.0. The summed E-state index contributed by atoms with van der Waals surface area (Å²) in [5.74, 6) is 0.441. The average molecular weight is 288 g/mol. The van der Waals surface area contributed by atoms with Crippen molar-refractivity contribution in [1.29, 1.82) is 0 Å². The molecule has 0 aromatic heterocycles. The predicted octanol–water partition coefficient (Wildman–Crippen LogP) is 0.865. The SMILES string of the molecule is CNC(=O)NC1CN(C(=O)N[C@@H]2C[C@H]2c2ccccc2)C1. The van der Waals surface area contributed by atoms with E-state index in [0.717, 1.165) is 6.42 Å². The van der Waals surface area contributed by atoms with Gasteiger partial charge in [0.1, 0.15) is 0 Å². The normalized spacial score (nSPS) is 24.0. The van der Waals surface area contributed by atoms with Gasteiger partial charge in [-0.05, 0) is 12.0 Å². The van der Waals surface area contributed by atoms with Crippen LogP contribution in [0.5, 0.6) is 0 Å². The highest BCUT2D eigenvalue weighted by atomic mass is 16.2. The highest BCUT2D eigenvalue weighted by Gasteiger charge is 2.41. The zero-order valence-corrected chi connectivity index (χ0v) is 12.0. The molecule has 0 unspecified atom stereocenters. The van der Waals surface area contributed by atoms with Crippen molar-refractivity contribution in [2.75, 3.05) is 20.1 Å². The Balaban J connectivity index is 1.40. The van der Waals surface area contributed by atoms with Crippen LogP contribution < -0.4 is 16.0 Å². The fraction of sp³-hybridized carbons (Fsp3) is 0.467. The van der Waals surface area contributed by atoms with Crippen molar-refractivity contribution in [3.8, 4) is 0 Å². The molecule has 3 rings (SSSR count). The second kappa shape index (κ2) is 5.63. The summed E-state index contributed by atoms with van der Waals surface area (Å²) in [6, 6.07) is 10.3. The quantitative estimate of drug-likeness (QED) is 0.772. The molecule has 1 aromatic rings. The average Bonchev–Trinajstić information content (AvgIpc) is 3.22. The minimum absolute atomic E-state index is 0.0339. The third-order valence-corrected chi connectivity index (χ3v) is 4.06. The third-order valence-electron chi connectivity index (χ3n) is 4.06. The molecule has 21 heavy (non-hydrogen) atoms. The number of benzene rings is 1. The van der Waals surface area contributed by atoms with Crippen LogP contribution >= 0.6 is 0 Å². The van der Waals surface area contributed by atoms with E-state index in [2.05, 4.69) is 28.1 Å². The van der Waals surface area contributed by atoms with Crippen molar-refractivity contribution in [1.82, 2.24) is 20.9 Å². The van der Waals surface area contributed by atoms with Crippen LogP contribution in [0.1, 0.15) is 17.9 Å². The van der Waals surface area contributed by atoms with Gasteiger partial charge in [0.15, 0.2) is 0 Å². The van der Waals surface area contributed by atoms with Gasteiger partial charge in [-0.25, -0.2) is 9.59 Å². The molecule has 0 radical (unpaired) electrons. The van der Waals surface area contributed by atoms with Crippen molar-refractivity contribution in [3.05, 3.63) is 35.9 Å². The molecule has 0 bridgehead atoms. The third kappa shape index (κ3) is 3.09. The van der Waals surface area contributed by atoms with Gasteiger partial charge in [0.2, 0.25) is 0 Å². The lowest BCUT2D eigenvalue weighted by Gasteiger charge is -2.39. The van der Waals surface area contributed by atoms with Gasteiger partial charge in [0.05, 0.1) is 6.04 Å². The van der Waals surface area contributed by atoms with E-state index in [1.165, 1.54) is 5.56 Å². The van der Waals surface area contributed by atoms with E-state index >= 15 is 0 Å². The molecule has 6 nitrogen and oxygen atoms in total. The Morgan fingerprint density at radius 1 is 1.14 bits per heavy atom. The van der Waals surface area contributed by atoms with Crippen molar-refractivity contribution in [3.63, 3.8) is 0 Å². The van der Waals surface area contributed by atoms with Gasteiger partial charge in [-0.1, -0.05) is 30.3 Å². The van der Waals surface area contributed by atoms with Crippen molar-refractivity contribution in [2.45, 2.75) is 24.4 Å². The van der Waals surface area contributed by atoms with Gasteiger partial charge in [0.25, 0.3) is 0 Å². The fourth-order valence-electron chi connectivity index (χ4n) is 2.67. The first kappa shape index (κ1) is 13.7. The van der Waals surface area contributed by atoms with Crippen LogP contribution in [0, 0.1) is 0 Å². The summed E-state index contributed by atoms with van der Waals surface area (Å²) in [6.45, 7) is 1.14. The molecule has 1 heterocycles. The van der Waals surface area contributed by atoms with Gasteiger partial charge in [0, 0.05) is 32.1 Å². The van der Waals surface area contributed by atoms with Crippen molar-refractivity contribution in [2.24, 2.45) is 0 Å². The smallest absolute Gasteiger partial charge is 0.317 e. The van der Waals surface area contributed by atoms with E-state index in [4.69, 9.17) is 0 Å². The van der Waals surface area contributed by atoms with E-state index in [9.17, 15) is 9.59 Å². The Bertz CT molecular complexity index is 528. The Kier molecular flexibility index (Phi) is 3.68. The summed E-state index contributed by atoms with van der Waals surface area (Å²) in [7, 11) is 1.58. The van der Waals surface area contributed by atoms with E-state index in [1.54, 1.807) is 11.9 Å². The standard InChI is InChI=1S/C15H20N4O2/c1-16-14(20)17-11-8-19(9-11)15(21)18-13-7-12(13)10-5-3-2-4-6-10/h2-6,11-13H,7-9H2,1H3,(H,18,21)(H2,16,17,20)/t12-,13+/m0/s1. The van der Waals surface area contributed by atoms with Crippen LogP contribution in [-0.2, 0) is 0 Å². The lowest BCUT2D eigenvalue weighted by Crippen LogP contribution is -2.63. The molecule has 1 aromatic carbocycles. The maximum Gasteiger partial charge on any atom is 0.317 e. The first-order valence-electron chi connectivity index (χ1n) is 7.26. The second-order valence-corrected chi connectivity index (χ2v) is 5.63. The Hall–Kier alpha value is -2.24. The lowest BCUT2D eigenvalue weighted by atomic mass is 10.1. The van der Waals surface area contributed by atoms with Crippen LogP contribution in [0.3, 0.4) is 0 Å². The number of urea groups is 2. The molecule has 3 N–H and O–H groups in total. The molecule has 6 heteroatoms. The summed E-state index contributed by atoms with van der Waals surface area (Å²) in [5.41, 5.74) is 1.28. The largest absolute Gasteiger partial charge is 0.341 e. The summed E-state index contributed by atoms with van der Waals surface area (Å²) in [5, 5.41) is 8.34. The summed E-state index contributed by atoms with van der Waals surface area (Å²) < 4.78 is 0. The zero-order chi connectivity index (χ0) is 14.8. The summed E-state index contributed by atoms with van der Waals surface area (Å²) in [4.78, 5) is 24.9. The molecule has 1 aliphatic carbocycles. The monoisotopic (exact) mass is 288 g/mol. The van der Waals surface area contributed by atoms with Gasteiger partial charge in [-0.3, -0.25) is 0 Å². The molecule has 0 spiro atoms. The molecule has 2 atom stereocenters. The van der Waals surface area contributed by atoms with Gasteiger partial charge < -0.3 is 20.9 Å². The molecule has 1 aliphatic heterocycles. The van der Waals surface area contributed by atoms with Crippen LogP contribution in [0.4, 0.5) is 9.59 Å². The number of rotatable bonds is 3. The lowest BCUT2D eigenvalue weighted by molar-refractivity contribution is 0.139. The van der Waals surface area contributed by atoms with Gasteiger partial charge in [-0.15, -0.1) is 0 Å². The highest BCUT2D eigenvalue weighted by Crippen LogP contribution is 2.40. The Labute approximate surface area is 123 Å². The van der Waals surface area contributed by atoms with Gasteiger partial charge >= 0.3 is 12.1 Å². The Morgan fingerprint density at radius 2 is 1.86 bits per heavy atom. The molecular formula is C15H20N4O2. The Morgan fingerprint density at radius 3 is 2.52 bits per heavy atom. The number of hydrogen-bond acceptors (Lipinski definition) is 2. The van der Waals surface area contributed by atoms with Crippen LogP contribution in [0.15, 0.2) is 30.3 Å². The zero-order valence-electron chi connectivity index (χ0n) is 12.0. The maximum atomic E-state index is 12.0. The number of carbonyl (C=O) groups is 2. The highest BCUT2D eigenvalue weighted by molar-refractivity contribution is 5.78. The molecule has 1 saturated heterocycles. The predicted molar refractivity (Wildman–Crippen MR) is 79.1 cm³/mol. The number of likely N-dealkylation sites (tertiary alicyclic amines) is 1. The first-order chi connectivity index (χ1) is 10.2. The molecule has 2 aliphatic rings. The molecular weight excluding hydrogens is 268 g/mol. The molecule has 4 amide bonds. The van der Waals surface area contributed by atoms with E-state index < -0.39 is 0 Å². The number of nitrogens with zero attached hydrogens (tertiary/aromatic N) is 1. The minimum Gasteiger partial charge on any atom is -0.341 e. The van der Waals surface area contributed by atoms with E-state index in [-0.39, 0.29) is 24.1 Å². The van der Waals surface area contributed by atoms with Crippen molar-refractivity contribution >= 4 is 12.1 Å². The topological polar surface area (TPSA) is 73.5 Å². The number of nitrogens with one attached hydrogen (secondary N) is 3. The molecule has 1 saturated carbocycles. The summed E-state index contributed by atoms with van der Waals surface area (Å²) >= 11 is 0. The van der Waals surface area contributed by atoms with Crippen molar-refractivity contribution < 1.29 is 9.59 Å². The van der Waals surface area contributed by atoms with Crippen LogP contribution in [-0.4, -0.2) is 49.2 Å². The summed E-state index contributed by atoms with van der Waals surface area (Å²) in [6.07, 6.45) is 1.00. The second-order valence-electron chi connectivity index (χ2n) is 5.63.